The highest BCUT2D eigenvalue weighted by atomic mass is 32.2. The van der Waals surface area contributed by atoms with Crippen LogP contribution in [0.25, 0.3) is 0 Å². The quantitative estimate of drug-likeness (QED) is 0.679. The van der Waals surface area contributed by atoms with E-state index in [1.165, 1.54) is 4.31 Å². The number of amides is 1. The van der Waals surface area contributed by atoms with Gasteiger partial charge in [-0.05, 0) is 32.4 Å². The number of carbonyl (C=O) groups is 1. The first-order valence-corrected chi connectivity index (χ1v) is 11.2. The molecule has 0 unspecified atom stereocenters. The van der Waals surface area contributed by atoms with Crippen LogP contribution in [0, 0.1) is 13.8 Å². The first-order valence-electron chi connectivity index (χ1n) is 9.79. The Labute approximate surface area is 177 Å². The highest BCUT2D eigenvalue weighted by molar-refractivity contribution is 7.89. The van der Waals surface area contributed by atoms with Gasteiger partial charge in [0.2, 0.25) is 10.0 Å². The van der Waals surface area contributed by atoms with Gasteiger partial charge in [0.1, 0.15) is 16.4 Å². The molecule has 1 saturated heterocycles. The molecular formula is C20H28N4O5S. The van der Waals surface area contributed by atoms with E-state index < -0.39 is 10.0 Å². The molecule has 2 heterocycles. The maximum atomic E-state index is 13.2. The molecule has 9 nitrogen and oxygen atoms in total. The molecule has 0 bridgehead atoms. The molecule has 0 N–H and O–H groups in total. The van der Waals surface area contributed by atoms with E-state index in [4.69, 9.17) is 9.47 Å². The van der Waals surface area contributed by atoms with Crippen molar-refractivity contribution in [3.05, 3.63) is 35.7 Å². The summed E-state index contributed by atoms with van der Waals surface area (Å²) in [4.78, 5) is 14.5. The number of carbonyl (C=O) groups excluding carboxylic acids is 1. The summed E-state index contributed by atoms with van der Waals surface area (Å²) in [5.41, 5.74) is 1.09. The molecule has 0 aliphatic carbocycles. The van der Waals surface area contributed by atoms with Crippen molar-refractivity contribution in [3.63, 3.8) is 0 Å². The number of rotatable bonds is 6. The zero-order chi connectivity index (χ0) is 21.9. The molecule has 1 aromatic heterocycles. The predicted octanol–water partition coefficient (Wildman–Crippen LogP) is 1.35. The van der Waals surface area contributed by atoms with Gasteiger partial charge in [0.15, 0.2) is 6.61 Å². The molecule has 0 radical (unpaired) electrons. The van der Waals surface area contributed by atoms with E-state index in [0.717, 1.165) is 0 Å². The second-order valence-corrected chi connectivity index (χ2v) is 9.10. The van der Waals surface area contributed by atoms with Gasteiger partial charge in [-0.25, -0.2) is 8.42 Å². The third-order valence-corrected chi connectivity index (χ3v) is 7.40. The minimum Gasteiger partial charge on any atom is -0.497 e. The molecule has 10 heteroatoms. The minimum absolute atomic E-state index is 0.110. The number of sulfonamides is 1. The zero-order valence-corrected chi connectivity index (χ0v) is 18.6. The smallest absolute Gasteiger partial charge is 0.260 e. The number of hydrogen-bond acceptors (Lipinski definition) is 6. The van der Waals surface area contributed by atoms with Crippen LogP contribution in [0.2, 0.25) is 0 Å². The van der Waals surface area contributed by atoms with Crippen LogP contribution in [0.3, 0.4) is 0 Å². The van der Waals surface area contributed by atoms with Gasteiger partial charge in [-0.15, -0.1) is 0 Å². The van der Waals surface area contributed by atoms with Crippen LogP contribution >= 0.6 is 0 Å². The van der Waals surface area contributed by atoms with Gasteiger partial charge in [-0.3, -0.25) is 9.48 Å². The van der Waals surface area contributed by atoms with Crippen LogP contribution in [0.15, 0.2) is 29.2 Å². The molecule has 1 aliphatic rings. The van der Waals surface area contributed by atoms with Crippen LogP contribution in [-0.4, -0.2) is 73.2 Å². The fourth-order valence-electron chi connectivity index (χ4n) is 3.57. The lowest BCUT2D eigenvalue weighted by atomic mass is 10.3. The molecule has 0 saturated carbocycles. The van der Waals surface area contributed by atoms with E-state index in [1.807, 2.05) is 0 Å². The van der Waals surface area contributed by atoms with Crippen molar-refractivity contribution in [2.75, 3.05) is 39.9 Å². The summed E-state index contributed by atoms with van der Waals surface area (Å²) in [6, 6.07) is 7.05. The van der Waals surface area contributed by atoms with E-state index >= 15 is 0 Å². The lowest BCUT2D eigenvalue weighted by molar-refractivity contribution is -0.133. The van der Waals surface area contributed by atoms with E-state index in [1.54, 1.807) is 61.9 Å². The number of ether oxygens (including phenoxy) is 2. The Kier molecular flexibility index (Phi) is 6.67. The highest BCUT2D eigenvalue weighted by Crippen LogP contribution is 2.24. The van der Waals surface area contributed by atoms with Gasteiger partial charge in [0.25, 0.3) is 5.91 Å². The van der Waals surface area contributed by atoms with Crippen LogP contribution < -0.4 is 9.47 Å². The Hall–Kier alpha value is -2.59. The summed E-state index contributed by atoms with van der Waals surface area (Å²) in [6.07, 6.45) is 0.558. The Morgan fingerprint density at radius 3 is 2.53 bits per heavy atom. The van der Waals surface area contributed by atoms with Crippen LogP contribution in [0.1, 0.15) is 17.8 Å². The Balaban J connectivity index is 1.63. The summed E-state index contributed by atoms with van der Waals surface area (Å²) >= 11 is 0. The zero-order valence-electron chi connectivity index (χ0n) is 17.8. The maximum absolute atomic E-state index is 13.2. The lowest BCUT2D eigenvalue weighted by Crippen LogP contribution is -2.39. The topological polar surface area (TPSA) is 94.0 Å². The Morgan fingerprint density at radius 2 is 1.87 bits per heavy atom. The molecule has 3 rings (SSSR count). The largest absolute Gasteiger partial charge is 0.497 e. The number of aryl methyl sites for hydroxylation is 2. The number of hydrogen-bond donors (Lipinski definition) is 0. The molecule has 30 heavy (non-hydrogen) atoms. The molecule has 1 fully saturated rings. The van der Waals surface area contributed by atoms with Crippen LogP contribution in [0.4, 0.5) is 0 Å². The third-order valence-electron chi connectivity index (χ3n) is 5.25. The minimum atomic E-state index is -3.67. The van der Waals surface area contributed by atoms with Gasteiger partial charge in [0.05, 0.1) is 18.5 Å². The van der Waals surface area contributed by atoms with Gasteiger partial charge in [-0.2, -0.15) is 9.40 Å². The van der Waals surface area contributed by atoms with Crippen molar-refractivity contribution in [3.8, 4) is 11.5 Å². The predicted molar refractivity (Wildman–Crippen MR) is 111 cm³/mol. The van der Waals surface area contributed by atoms with Crippen molar-refractivity contribution in [2.24, 2.45) is 7.05 Å². The van der Waals surface area contributed by atoms with Crippen LogP contribution in [0.5, 0.6) is 11.5 Å². The van der Waals surface area contributed by atoms with Crippen LogP contribution in [-0.2, 0) is 21.9 Å². The average molecular weight is 437 g/mol. The van der Waals surface area contributed by atoms with E-state index in [2.05, 4.69) is 5.10 Å². The molecular weight excluding hydrogens is 408 g/mol. The standard InChI is InChI=1S/C20H28N4O5S/c1-15-20(16(2)22(3)21-15)30(26,27)24-10-6-9-23(11-12-24)19(25)14-29-18-8-5-7-17(13-18)28-4/h5,7-8,13H,6,9-12,14H2,1-4H3. The summed E-state index contributed by atoms with van der Waals surface area (Å²) in [6.45, 7) is 4.73. The number of aromatic nitrogens is 2. The number of benzene rings is 1. The summed E-state index contributed by atoms with van der Waals surface area (Å²) in [7, 11) is -0.377. The molecule has 0 spiro atoms. The number of nitrogens with zero attached hydrogens (tertiary/aromatic N) is 4. The molecule has 1 aliphatic heterocycles. The molecule has 1 aromatic carbocycles. The van der Waals surface area contributed by atoms with Crippen molar-refractivity contribution in [1.29, 1.82) is 0 Å². The van der Waals surface area contributed by atoms with Gasteiger partial charge in [-0.1, -0.05) is 6.07 Å². The number of methoxy groups -OCH3 is 1. The molecule has 2 aromatic rings. The van der Waals surface area contributed by atoms with E-state index in [0.29, 0.717) is 48.9 Å². The summed E-state index contributed by atoms with van der Waals surface area (Å²) in [5, 5.41) is 4.22. The first kappa shape index (κ1) is 22.1. The van der Waals surface area contributed by atoms with E-state index in [9.17, 15) is 13.2 Å². The van der Waals surface area contributed by atoms with Crippen molar-refractivity contribution < 1.29 is 22.7 Å². The Morgan fingerprint density at radius 1 is 1.13 bits per heavy atom. The fourth-order valence-corrected chi connectivity index (χ4v) is 5.44. The average Bonchev–Trinajstić information content (AvgIpc) is 2.90. The summed E-state index contributed by atoms with van der Waals surface area (Å²) in [5.74, 6) is 1.02. The van der Waals surface area contributed by atoms with Gasteiger partial charge < -0.3 is 14.4 Å². The summed E-state index contributed by atoms with van der Waals surface area (Å²) < 4.78 is 40.1. The van der Waals surface area contributed by atoms with Crippen molar-refractivity contribution in [1.82, 2.24) is 19.0 Å². The fraction of sp³-hybridized carbons (Fsp3) is 0.500. The second kappa shape index (κ2) is 9.05. The highest BCUT2D eigenvalue weighted by Gasteiger charge is 2.32. The Bertz CT molecular complexity index is 1020. The van der Waals surface area contributed by atoms with Gasteiger partial charge >= 0.3 is 0 Å². The third kappa shape index (κ3) is 4.59. The monoisotopic (exact) mass is 436 g/mol. The maximum Gasteiger partial charge on any atom is 0.260 e. The molecule has 164 valence electrons. The molecule has 0 atom stereocenters. The normalized spacial score (nSPS) is 15.7. The molecule has 1 amide bonds. The lowest BCUT2D eigenvalue weighted by Gasteiger charge is -2.22. The SMILES string of the molecule is COc1cccc(OCC(=O)N2CCCN(S(=O)(=O)c3c(C)nn(C)c3C)CC2)c1. The van der Waals surface area contributed by atoms with Crippen molar-refractivity contribution in [2.45, 2.75) is 25.2 Å². The van der Waals surface area contributed by atoms with Crippen molar-refractivity contribution >= 4 is 15.9 Å². The van der Waals surface area contributed by atoms with Gasteiger partial charge in [0, 0.05) is 39.3 Å². The van der Waals surface area contributed by atoms with E-state index in [-0.39, 0.29) is 24.0 Å². The second-order valence-electron chi connectivity index (χ2n) is 7.23. The first-order chi connectivity index (χ1) is 14.2.